The second-order valence-corrected chi connectivity index (χ2v) is 5.07. The Bertz CT molecular complexity index is 461. The van der Waals surface area contributed by atoms with Crippen molar-refractivity contribution in [2.75, 3.05) is 13.2 Å². The highest BCUT2D eigenvalue weighted by Crippen LogP contribution is 2.35. The largest absolute Gasteiger partial charge is 0.480 e. The smallest absolute Gasteiger partial charge is 0.318 e. The Morgan fingerprint density at radius 2 is 1.88 bits per heavy atom. The molecule has 0 spiro atoms. The van der Waals surface area contributed by atoms with Crippen LogP contribution in [0.1, 0.15) is 29.5 Å². The molecule has 0 bridgehead atoms. The lowest BCUT2D eigenvalue weighted by Crippen LogP contribution is -2.53. The molecule has 1 fully saturated rings. The molecule has 0 aromatic heterocycles. The van der Waals surface area contributed by atoms with E-state index in [0.717, 1.165) is 18.4 Å². The van der Waals surface area contributed by atoms with E-state index in [1.807, 2.05) is 6.07 Å². The molecular weight excluding hydrogens is 216 g/mol. The standard InChI is InChI=1S/C14H16O3/c15-13(16)14(8-17-9-14)12-6-5-10-3-1-2-4-11(10)7-12/h5-7H,1-4,8-9H2,(H,15,16). The van der Waals surface area contributed by atoms with Gasteiger partial charge in [0, 0.05) is 0 Å². The second kappa shape index (κ2) is 3.84. The van der Waals surface area contributed by atoms with Crippen molar-refractivity contribution in [2.24, 2.45) is 0 Å². The van der Waals surface area contributed by atoms with Crippen LogP contribution in [-0.4, -0.2) is 24.3 Å². The summed E-state index contributed by atoms with van der Waals surface area (Å²) in [5, 5.41) is 9.36. The van der Waals surface area contributed by atoms with Gasteiger partial charge in [-0.3, -0.25) is 4.79 Å². The summed E-state index contributed by atoms with van der Waals surface area (Å²) in [5.41, 5.74) is 2.85. The molecule has 0 radical (unpaired) electrons. The van der Waals surface area contributed by atoms with Crippen molar-refractivity contribution >= 4 is 5.97 Å². The van der Waals surface area contributed by atoms with Crippen molar-refractivity contribution in [1.29, 1.82) is 0 Å². The van der Waals surface area contributed by atoms with Crippen LogP contribution in [0.4, 0.5) is 0 Å². The summed E-state index contributed by atoms with van der Waals surface area (Å²) in [5.74, 6) is -0.764. The van der Waals surface area contributed by atoms with Gasteiger partial charge >= 0.3 is 5.97 Å². The summed E-state index contributed by atoms with van der Waals surface area (Å²) in [4.78, 5) is 11.4. The molecule has 0 saturated carbocycles. The molecule has 2 aliphatic rings. The first-order valence-electron chi connectivity index (χ1n) is 6.16. The van der Waals surface area contributed by atoms with E-state index in [1.54, 1.807) is 0 Å². The zero-order chi connectivity index (χ0) is 11.9. The van der Waals surface area contributed by atoms with Gasteiger partial charge in [0.2, 0.25) is 0 Å². The zero-order valence-electron chi connectivity index (χ0n) is 9.74. The SMILES string of the molecule is O=C(O)C1(c2ccc3c(c2)CCCC3)COC1. The number of aryl methyl sites for hydroxylation is 2. The van der Waals surface area contributed by atoms with Crippen LogP contribution in [0, 0.1) is 0 Å². The van der Waals surface area contributed by atoms with Crippen LogP contribution in [0.5, 0.6) is 0 Å². The molecule has 1 aromatic rings. The summed E-state index contributed by atoms with van der Waals surface area (Å²) in [7, 11) is 0. The minimum Gasteiger partial charge on any atom is -0.480 e. The van der Waals surface area contributed by atoms with Gasteiger partial charge in [0.1, 0.15) is 5.41 Å². The fraction of sp³-hybridized carbons (Fsp3) is 0.500. The number of carbonyl (C=O) groups is 1. The summed E-state index contributed by atoms with van der Waals surface area (Å²) < 4.78 is 5.12. The average Bonchev–Trinajstić information content (AvgIpc) is 2.27. The minimum absolute atomic E-state index is 0.307. The van der Waals surface area contributed by atoms with Crippen molar-refractivity contribution in [2.45, 2.75) is 31.1 Å². The highest BCUT2D eigenvalue weighted by molar-refractivity contribution is 5.83. The first kappa shape index (κ1) is 10.8. The van der Waals surface area contributed by atoms with E-state index < -0.39 is 11.4 Å². The first-order valence-corrected chi connectivity index (χ1v) is 6.16. The van der Waals surface area contributed by atoms with Gasteiger partial charge in [-0.25, -0.2) is 0 Å². The molecule has 1 saturated heterocycles. The number of carboxylic acid groups (broad SMARTS) is 1. The maximum atomic E-state index is 11.4. The van der Waals surface area contributed by atoms with Gasteiger partial charge in [-0.2, -0.15) is 0 Å². The molecule has 1 N–H and O–H groups in total. The van der Waals surface area contributed by atoms with Crippen molar-refractivity contribution in [3.63, 3.8) is 0 Å². The molecule has 0 amide bonds. The lowest BCUT2D eigenvalue weighted by Gasteiger charge is -2.38. The third-order valence-electron chi connectivity index (χ3n) is 4.01. The number of hydrogen-bond acceptors (Lipinski definition) is 2. The molecule has 1 aromatic carbocycles. The Balaban J connectivity index is 2.01. The molecule has 17 heavy (non-hydrogen) atoms. The van der Waals surface area contributed by atoms with Gasteiger partial charge in [0.25, 0.3) is 0 Å². The predicted molar refractivity (Wildman–Crippen MR) is 63.2 cm³/mol. The summed E-state index contributed by atoms with van der Waals surface area (Å²) in [6.07, 6.45) is 4.68. The monoisotopic (exact) mass is 232 g/mol. The fourth-order valence-electron chi connectivity index (χ4n) is 2.75. The van der Waals surface area contributed by atoms with E-state index in [0.29, 0.717) is 13.2 Å². The van der Waals surface area contributed by atoms with E-state index in [4.69, 9.17) is 4.74 Å². The van der Waals surface area contributed by atoms with E-state index in [-0.39, 0.29) is 0 Å². The Labute approximate surface area is 100 Å². The zero-order valence-corrected chi connectivity index (χ0v) is 9.74. The Kier molecular flexibility index (Phi) is 2.44. The van der Waals surface area contributed by atoms with Crippen LogP contribution in [0.2, 0.25) is 0 Å². The van der Waals surface area contributed by atoms with Crippen LogP contribution in [-0.2, 0) is 27.8 Å². The molecule has 1 heterocycles. The van der Waals surface area contributed by atoms with Gasteiger partial charge in [0.05, 0.1) is 13.2 Å². The normalized spacial score (nSPS) is 21.4. The van der Waals surface area contributed by atoms with Crippen LogP contribution < -0.4 is 0 Å². The van der Waals surface area contributed by atoms with E-state index in [9.17, 15) is 9.90 Å². The van der Waals surface area contributed by atoms with E-state index in [2.05, 4.69) is 12.1 Å². The third-order valence-corrected chi connectivity index (χ3v) is 4.01. The second-order valence-electron chi connectivity index (χ2n) is 5.07. The van der Waals surface area contributed by atoms with Gasteiger partial charge in [-0.15, -0.1) is 0 Å². The maximum Gasteiger partial charge on any atom is 0.318 e. The molecule has 1 aliphatic carbocycles. The van der Waals surface area contributed by atoms with Gasteiger partial charge in [0.15, 0.2) is 0 Å². The molecular formula is C14H16O3. The van der Waals surface area contributed by atoms with Gasteiger partial charge in [-0.1, -0.05) is 18.2 Å². The highest BCUT2D eigenvalue weighted by atomic mass is 16.5. The number of ether oxygens (including phenoxy) is 1. The van der Waals surface area contributed by atoms with Crippen LogP contribution in [0.3, 0.4) is 0 Å². The topological polar surface area (TPSA) is 46.5 Å². The Hall–Kier alpha value is -1.35. The molecule has 3 nitrogen and oxygen atoms in total. The molecule has 1 aliphatic heterocycles. The number of hydrogen-bond donors (Lipinski definition) is 1. The third kappa shape index (κ3) is 1.57. The first-order chi connectivity index (χ1) is 8.22. The van der Waals surface area contributed by atoms with Crippen molar-refractivity contribution in [1.82, 2.24) is 0 Å². The van der Waals surface area contributed by atoms with E-state index >= 15 is 0 Å². The fourth-order valence-corrected chi connectivity index (χ4v) is 2.75. The lowest BCUT2D eigenvalue weighted by atomic mass is 9.76. The van der Waals surface area contributed by atoms with Gasteiger partial charge in [-0.05, 0) is 42.4 Å². The molecule has 0 unspecified atom stereocenters. The minimum atomic E-state index is -0.785. The Morgan fingerprint density at radius 1 is 1.18 bits per heavy atom. The average molecular weight is 232 g/mol. The van der Waals surface area contributed by atoms with Crippen molar-refractivity contribution in [3.8, 4) is 0 Å². The van der Waals surface area contributed by atoms with Crippen molar-refractivity contribution < 1.29 is 14.6 Å². The highest BCUT2D eigenvalue weighted by Gasteiger charge is 2.48. The van der Waals surface area contributed by atoms with Crippen LogP contribution >= 0.6 is 0 Å². The van der Waals surface area contributed by atoms with Crippen LogP contribution in [0.15, 0.2) is 18.2 Å². The number of carboxylic acids is 1. The van der Waals surface area contributed by atoms with E-state index in [1.165, 1.54) is 24.0 Å². The van der Waals surface area contributed by atoms with Crippen LogP contribution in [0.25, 0.3) is 0 Å². The number of fused-ring (bicyclic) bond motifs is 1. The van der Waals surface area contributed by atoms with Gasteiger partial charge < -0.3 is 9.84 Å². The number of benzene rings is 1. The molecule has 3 rings (SSSR count). The molecule has 90 valence electrons. The molecule has 3 heteroatoms. The predicted octanol–water partition coefficient (Wildman–Crippen LogP) is 1.92. The Morgan fingerprint density at radius 3 is 2.47 bits per heavy atom. The quantitative estimate of drug-likeness (QED) is 0.847. The summed E-state index contributed by atoms with van der Waals surface area (Å²) in [6, 6.07) is 6.17. The molecule has 0 atom stereocenters. The van der Waals surface area contributed by atoms with Crippen molar-refractivity contribution in [3.05, 3.63) is 34.9 Å². The number of aliphatic carboxylic acids is 1. The number of rotatable bonds is 2. The maximum absolute atomic E-state index is 11.4. The summed E-state index contributed by atoms with van der Waals surface area (Å²) >= 11 is 0. The lowest BCUT2D eigenvalue weighted by molar-refractivity contribution is -0.163. The summed E-state index contributed by atoms with van der Waals surface area (Å²) in [6.45, 7) is 0.613.